The van der Waals surface area contributed by atoms with E-state index in [1.165, 1.54) is 23.8 Å². The van der Waals surface area contributed by atoms with E-state index in [9.17, 15) is 9.59 Å². The first-order valence-corrected chi connectivity index (χ1v) is 9.27. The topological polar surface area (TPSA) is 85.0 Å². The van der Waals surface area contributed by atoms with Crippen molar-refractivity contribution in [3.05, 3.63) is 69.0 Å². The molecule has 0 N–H and O–H groups in total. The van der Waals surface area contributed by atoms with Gasteiger partial charge in [-0.3, -0.25) is 9.36 Å². The van der Waals surface area contributed by atoms with E-state index in [1.807, 2.05) is 24.3 Å². The van der Waals surface area contributed by atoms with Gasteiger partial charge in [0.2, 0.25) is 0 Å². The highest BCUT2D eigenvalue weighted by molar-refractivity contribution is 7.99. The number of hydrogen-bond acceptors (Lipinski definition) is 6. The minimum Gasteiger partial charge on any atom is -0.465 e. The van der Waals surface area contributed by atoms with E-state index < -0.39 is 5.97 Å². The van der Waals surface area contributed by atoms with Gasteiger partial charge in [0.25, 0.3) is 5.56 Å². The maximum Gasteiger partial charge on any atom is 0.337 e. The first-order valence-electron chi connectivity index (χ1n) is 7.91. The van der Waals surface area contributed by atoms with Crippen LogP contribution in [0, 0.1) is 11.3 Å². The number of halogens is 1. The molecule has 0 atom stereocenters. The lowest BCUT2D eigenvalue weighted by Gasteiger charge is -2.13. The fourth-order valence-corrected chi connectivity index (χ4v) is 3.44. The second-order valence-electron chi connectivity index (χ2n) is 5.55. The zero-order valence-electron chi connectivity index (χ0n) is 14.3. The van der Waals surface area contributed by atoms with E-state index in [4.69, 9.17) is 21.6 Å². The Hall–Kier alpha value is -2.82. The molecular formula is C19H14ClN3O3S. The Balaban J connectivity index is 2.17. The van der Waals surface area contributed by atoms with E-state index >= 15 is 0 Å². The smallest absolute Gasteiger partial charge is 0.337 e. The van der Waals surface area contributed by atoms with Crippen LogP contribution in [0.4, 0.5) is 0 Å². The fraction of sp³-hybridized carbons (Fsp3) is 0.158. The number of methoxy groups -OCH3 is 1. The summed E-state index contributed by atoms with van der Waals surface area (Å²) in [4.78, 5) is 29.3. The third-order valence-electron chi connectivity index (χ3n) is 3.89. The number of benzene rings is 2. The third-order valence-corrected chi connectivity index (χ3v) is 5.11. The normalized spacial score (nSPS) is 10.6. The van der Waals surface area contributed by atoms with E-state index in [0.717, 1.165) is 17.3 Å². The molecule has 0 amide bonds. The molecule has 0 saturated carbocycles. The fourth-order valence-electron chi connectivity index (χ4n) is 2.59. The van der Waals surface area contributed by atoms with Crippen molar-refractivity contribution in [3.8, 4) is 6.07 Å². The molecule has 0 spiro atoms. The van der Waals surface area contributed by atoms with Crippen molar-refractivity contribution in [1.29, 1.82) is 5.26 Å². The largest absolute Gasteiger partial charge is 0.465 e. The molecule has 0 saturated heterocycles. The molecule has 1 heterocycles. The number of ether oxygens (including phenoxy) is 1. The minimum atomic E-state index is -0.509. The van der Waals surface area contributed by atoms with E-state index in [0.29, 0.717) is 26.6 Å². The summed E-state index contributed by atoms with van der Waals surface area (Å²) in [5.41, 5.74) is 1.18. The molecule has 0 aliphatic heterocycles. The molecule has 0 aliphatic rings. The lowest BCUT2D eigenvalue weighted by atomic mass is 10.1. The van der Waals surface area contributed by atoms with E-state index in [1.54, 1.807) is 12.1 Å². The average molecular weight is 400 g/mol. The minimum absolute atomic E-state index is 0.136. The van der Waals surface area contributed by atoms with Gasteiger partial charge in [-0.2, -0.15) is 5.26 Å². The lowest BCUT2D eigenvalue weighted by Crippen LogP contribution is -2.24. The van der Waals surface area contributed by atoms with Gasteiger partial charge < -0.3 is 4.74 Å². The first kappa shape index (κ1) is 19.0. The molecular weight excluding hydrogens is 386 g/mol. The van der Waals surface area contributed by atoms with E-state index in [-0.39, 0.29) is 17.9 Å². The number of aromatic nitrogens is 2. The van der Waals surface area contributed by atoms with Gasteiger partial charge in [0.05, 0.1) is 41.9 Å². The van der Waals surface area contributed by atoms with Crippen LogP contribution in [-0.4, -0.2) is 28.4 Å². The number of nitrogens with zero attached hydrogens (tertiary/aromatic N) is 3. The SMILES string of the molecule is COC(=O)c1ccc2c(=O)n(Cc3ccccc3Cl)c(SCC#N)nc2c1. The van der Waals surface area contributed by atoms with Crippen LogP contribution in [0.1, 0.15) is 15.9 Å². The van der Waals surface area contributed by atoms with Crippen molar-refractivity contribution in [1.82, 2.24) is 9.55 Å². The molecule has 0 aliphatic carbocycles. The predicted molar refractivity (Wildman–Crippen MR) is 104 cm³/mol. The van der Waals surface area contributed by atoms with Gasteiger partial charge in [-0.15, -0.1) is 0 Å². The number of nitriles is 1. The maximum absolute atomic E-state index is 13.0. The van der Waals surface area contributed by atoms with Crippen molar-refractivity contribution in [3.63, 3.8) is 0 Å². The number of carbonyl (C=O) groups is 1. The summed E-state index contributed by atoms with van der Waals surface area (Å²) < 4.78 is 6.20. The summed E-state index contributed by atoms with van der Waals surface area (Å²) in [7, 11) is 1.29. The van der Waals surface area contributed by atoms with Gasteiger partial charge in [0.15, 0.2) is 5.16 Å². The monoisotopic (exact) mass is 399 g/mol. The van der Waals surface area contributed by atoms with Gasteiger partial charge in [-0.1, -0.05) is 41.6 Å². The predicted octanol–water partition coefficient (Wildman–Crippen LogP) is 3.50. The Kier molecular flexibility index (Phi) is 5.79. The Morgan fingerprint density at radius 1 is 1.33 bits per heavy atom. The molecule has 27 heavy (non-hydrogen) atoms. The Morgan fingerprint density at radius 3 is 2.81 bits per heavy atom. The second-order valence-corrected chi connectivity index (χ2v) is 6.90. The molecule has 0 fully saturated rings. The number of fused-ring (bicyclic) bond motifs is 1. The molecule has 8 heteroatoms. The number of hydrogen-bond donors (Lipinski definition) is 0. The van der Waals surface area contributed by atoms with Crippen LogP contribution >= 0.6 is 23.4 Å². The quantitative estimate of drug-likeness (QED) is 0.371. The summed E-state index contributed by atoms with van der Waals surface area (Å²) in [6.07, 6.45) is 0. The van der Waals surface area contributed by atoms with Crippen LogP contribution in [0.5, 0.6) is 0 Å². The summed E-state index contributed by atoms with van der Waals surface area (Å²) in [6, 6.07) is 13.9. The molecule has 6 nitrogen and oxygen atoms in total. The van der Waals surface area contributed by atoms with Gasteiger partial charge >= 0.3 is 5.97 Å². The van der Waals surface area contributed by atoms with Crippen LogP contribution in [0.15, 0.2) is 52.4 Å². The molecule has 136 valence electrons. The summed E-state index contributed by atoms with van der Waals surface area (Å²) in [5, 5.41) is 10.2. The molecule has 1 aromatic heterocycles. The van der Waals surface area contributed by atoms with Crippen LogP contribution in [0.2, 0.25) is 5.02 Å². The van der Waals surface area contributed by atoms with Gasteiger partial charge in [0, 0.05) is 5.02 Å². The van der Waals surface area contributed by atoms with E-state index in [2.05, 4.69) is 4.98 Å². The standard InChI is InChI=1S/C19H14ClN3O3S/c1-26-18(25)12-6-7-14-16(10-12)22-19(27-9-8-21)23(17(14)24)11-13-4-2-3-5-15(13)20/h2-7,10H,9,11H2,1H3. The average Bonchev–Trinajstić information content (AvgIpc) is 2.69. The van der Waals surface area contributed by atoms with Crippen molar-refractivity contribution in [2.75, 3.05) is 12.9 Å². The zero-order valence-corrected chi connectivity index (χ0v) is 15.9. The van der Waals surface area contributed by atoms with Crippen molar-refractivity contribution >= 4 is 40.2 Å². The lowest BCUT2D eigenvalue weighted by molar-refractivity contribution is 0.0601. The van der Waals surface area contributed by atoms with Gasteiger partial charge in [-0.05, 0) is 29.8 Å². The highest BCUT2D eigenvalue weighted by Gasteiger charge is 2.15. The Labute approximate surface area is 164 Å². The molecule has 0 bridgehead atoms. The highest BCUT2D eigenvalue weighted by atomic mass is 35.5. The van der Waals surface area contributed by atoms with Gasteiger partial charge in [-0.25, -0.2) is 9.78 Å². The van der Waals surface area contributed by atoms with Crippen molar-refractivity contribution in [2.24, 2.45) is 0 Å². The Morgan fingerprint density at radius 2 is 2.11 bits per heavy atom. The number of esters is 1. The third kappa shape index (κ3) is 3.97. The van der Waals surface area contributed by atoms with Crippen LogP contribution < -0.4 is 5.56 Å². The molecule has 2 aromatic carbocycles. The zero-order chi connectivity index (χ0) is 19.4. The first-order chi connectivity index (χ1) is 13.0. The van der Waals surface area contributed by atoms with Crippen LogP contribution in [-0.2, 0) is 11.3 Å². The summed E-state index contributed by atoms with van der Waals surface area (Å²) in [5.74, 6) is -0.373. The van der Waals surface area contributed by atoms with Crippen molar-refractivity contribution < 1.29 is 9.53 Å². The number of thioether (sulfide) groups is 1. The summed E-state index contributed by atoms with van der Waals surface area (Å²) >= 11 is 7.38. The van der Waals surface area contributed by atoms with Crippen molar-refractivity contribution in [2.45, 2.75) is 11.7 Å². The number of carbonyl (C=O) groups excluding carboxylic acids is 1. The summed E-state index contributed by atoms with van der Waals surface area (Å²) in [6.45, 7) is 0.230. The molecule has 3 aromatic rings. The molecule has 0 radical (unpaired) electrons. The highest BCUT2D eigenvalue weighted by Crippen LogP contribution is 2.22. The molecule has 0 unspecified atom stereocenters. The maximum atomic E-state index is 13.0. The number of rotatable bonds is 5. The van der Waals surface area contributed by atoms with Crippen LogP contribution in [0.25, 0.3) is 10.9 Å². The molecule has 3 rings (SSSR count). The Bertz CT molecular complexity index is 1120. The van der Waals surface area contributed by atoms with Crippen LogP contribution in [0.3, 0.4) is 0 Å². The second kappa shape index (κ2) is 8.25. The van der Waals surface area contributed by atoms with Gasteiger partial charge in [0.1, 0.15) is 0 Å².